The molecule has 2 aromatic rings. The third-order valence-electron chi connectivity index (χ3n) is 2.72. The standard InChI is InChI=1S/C14H14BrN3O2S/c1-8-11(13(20)18(2)3)21-14(16-8)17-12(19)9-4-6-10(15)7-5-9/h4-7H,1-3H3,(H,16,17,19). The zero-order valence-corrected chi connectivity index (χ0v) is 14.2. The van der Waals surface area contributed by atoms with E-state index in [0.29, 0.717) is 21.3 Å². The molecule has 0 aliphatic heterocycles. The number of hydrogen-bond acceptors (Lipinski definition) is 4. The van der Waals surface area contributed by atoms with Crippen molar-refractivity contribution in [3.63, 3.8) is 0 Å². The highest BCUT2D eigenvalue weighted by atomic mass is 79.9. The molecular weight excluding hydrogens is 354 g/mol. The highest BCUT2D eigenvalue weighted by Gasteiger charge is 2.18. The normalized spacial score (nSPS) is 10.3. The monoisotopic (exact) mass is 367 g/mol. The molecule has 2 rings (SSSR count). The Bertz CT molecular complexity index is 680. The molecule has 0 spiro atoms. The van der Waals surface area contributed by atoms with E-state index in [-0.39, 0.29) is 11.8 Å². The molecule has 1 aromatic carbocycles. The minimum atomic E-state index is -0.250. The van der Waals surface area contributed by atoms with E-state index in [9.17, 15) is 9.59 Å². The fourth-order valence-corrected chi connectivity index (χ4v) is 2.87. The van der Waals surface area contributed by atoms with E-state index < -0.39 is 0 Å². The maximum absolute atomic E-state index is 12.1. The van der Waals surface area contributed by atoms with E-state index in [1.165, 1.54) is 16.2 Å². The highest BCUT2D eigenvalue weighted by molar-refractivity contribution is 9.10. The fraction of sp³-hybridized carbons (Fsp3) is 0.214. The Balaban J connectivity index is 2.17. The van der Waals surface area contributed by atoms with Crippen LogP contribution in [0.2, 0.25) is 0 Å². The first-order chi connectivity index (χ1) is 9.88. The summed E-state index contributed by atoms with van der Waals surface area (Å²) in [5.74, 6) is -0.366. The van der Waals surface area contributed by atoms with Crippen LogP contribution in [-0.2, 0) is 0 Å². The molecule has 0 bridgehead atoms. The number of hydrogen-bond donors (Lipinski definition) is 1. The zero-order chi connectivity index (χ0) is 15.6. The van der Waals surface area contributed by atoms with Gasteiger partial charge in [-0.25, -0.2) is 4.98 Å². The van der Waals surface area contributed by atoms with Gasteiger partial charge in [0.05, 0.1) is 5.69 Å². The fourth-order valence-electron chi connectivity index (χ4n) is 1.62. The third-order valence-corrected chi connectivity index (χ3v) is 4.31. The molecule has 5 nitrogen and oxygen atoms in total. The maximum Gasteiger partial charge on any atom is 0.265 e. The number of nitrogens with one attached hydrogen (secondary N) is 1. The van der Waals surface area contributed by atoms with Gasteiger partial charge in [-0.3, -0.25) is 14.9 Å². The van der Waals surface area contributed by atoms with Crippen molar-refractivity contribution < 1.29 is 9.59 Å². The van der Waals surface area contributed by atoms with Gasteiger partial charge in [-0.15, -0.1) is 0 Å². The third kappa shape index (κ3) is 3.68. The number of aryl methyl sites for hydroxylation is 1. The van der Waals surface area contributed by atoms with Crippen molar-refractivity contribution in [3.8, 4) is 0 Å². The first kappa shape index (κ1) is 15.7. The molecule has 0 fully saturated rings. The Labute approximate surface area is 135 Å². The summed E-state index contributed by atoms with van der Waals surface area (Å²) in [6, 6.07) is 7.02. The Morgan fingerprint density at radius 2 is 1.86 bits per heavy atom. The van der Waals surface area contributed by atoms with Gasteiger partial charge in [-0.2, -0.15) is 0 Å². The average Bonchev–Trinajstić information content (AvgIpc) is 2.79. The van der Waals surface area contributed by atoms with Crippen LogP contribution in [0.3, 0.4) is 0 Å². The number of carbonyl (C=O) groups excluding carboxylic acids is 2. The van der Waals surface area contributed by atoms with Gasteiger partial charge in [0.25, 0.3) is 11.8 Å². The number of halogens is 1. The van der Waals surface area contributed by atoms with Gasteiger partial charge in [-0.1, -0.05) is 27.3 Å². The molecule has 0 aliphatic rings. The molecule has 2 amide bonds. The van der Waals surface area contributed by atoms with Gasteiger partial charge in [0.15, 0.2) is 5.13 Å². The topological polar surface area (TPSA) is 62.3 Å². The van der Waals surface area contributed by atoms with E-state index in [2.05, 4.69) is 26.2 Å². The van der Waals surface area contributed by atoms with Gasteiger partial charge >= 0.3 is 0 Å². The highest BCUT2D eigenvalue weighted by Crippen LogP contribution is 2.24. The molecule has 110 valence electrons. The van der Waals surface area contributed by atoms with Crippen LogP contribution in [0.25, 0.3) is 0 Å². The van der Waals surface area contributed by atoms with Crippen LogP contribution in [-0.4, -0.2) is 35.8 Å². The maximum atomic E-state index is 12.1. The van der Waals surface area contributed by atoms with Crippen molar-refractivity contribution in [2.24, 2.45) is 0 Å². The summed E-state index contributed by atoms with van der Waals surface area (Å²) in [5, 5.41) is 3.14. The smallest absolute Gasteiger partial charge is 0.265 e. The molecule has 0 radical (unpaired) electrons. The molecule has 1 heterocycles. The van der Waals surface area contributed by atoms with Gasteiger partial charge in [0.2, 0.25) is 0 Å². The van der Waals surface area contributed by atoms with E-state index in [4.69, 9.17) is 0 Å². The second-order valence-corrected chi connectivity index (χ2v) is 6.51. The SMILES string of the molecule is Cc1nc(NC(=O)c2ccc(Br)cc2)sc1C(=O)N(C)C. The van der Waals surface area contributed by atoms with Crippen LogP contribution in [0.1, 0.15) is 25.7 Å². The lowest BCUT2D eigenvalue weighted by molar-refractivity contribution is 0.0831. The summed E-state index contributed by atoms with van der Waals surface area (Å²) >= 11 is 4.50. The van der Waals surface area contributed by atoms with Gasteiger partial charge in [0.1, 0.15) is 4.88 Å². The van der Waals surface area contributed by atoms with Crippen molar-refractivity contribution in [2.45, 2.75) is 6.92 Å². The minimum Gasteiger partial charge on any atom is -0.344 e. The summed E-state index contributed by atoms with van der Waals surface area (Å²) in [5.41, 5.74) is 1.15. The lowest BCUT2D eigenvalue weighted by atomic mass is 10.2. The van der Waals surface area contributed by atoms with Crippen molar-refractivity contribution >= 4 is 44.2 Å². The number of aromatic nitrogens is 1. The van der Waals surface area contributed by atoms with E-state index in [0.717, 1.165) is 4.47 Å². The number of anilines is 1. The number of benzene rings is 1. The molecular formula is C14H14BrN3O2S. The van der Waals surface area contributed by atoms with Crippen molar-refractivity contribution in [2.75, 3.05) is 19.4 Å². The predicted molar refractivity (Wildman–Crippen MR) is 87.0 cm³/mol. The van der Waals surface area contributed by atoms with Crippen molar-refractivity contribution in [1.29, 1.82) is 0 Å². The Kier molecular flexibility index (Phi) is 4.74. The second kappa shape index (κ2) is 6.36. The summed E-state index contributed by atoms with van der Waals surface area (Å²) in [6.45, 7) is 1.75. The molecule has 7 heteroatoms. The Hall–Kier alpha value is -1.73. The first-order valence-corrected chi connectivity index (χ1v) is 7.75. The van der Waals surface area contributed by atoms with Crippen LogP contribution < -0.4 is 5.32 Å². The summed E-state index contributed by atoms with van der Waals surface area (Å²) in [7, 11) is 3.36. The first-order valence-electron chi connectivity index (χ1n) is 6.14. The molecule has 1 aromatic heterocycles. The summed E-state index contributed by atoms with van der Waals surface area (Å²) < 4.78 is 0.906. The second-order valence-electron chi connectivity index (χ2n) is 4.59. The van der Waals surface area contributed by atoms with Crippen molar-refractivity contribution in [3.05, 3.63) is 44.9 Å². The van der Waals surface area contributed by atoms with E-state index in [1.807, 2.05) is 0 Å². The van der Waals surface area contributed by atoms with Crippen LogP contribution in [0.15, 0.2) is 28.7 Å². The van der Waals surface area contributed by atoms with Gasteiger partial charge < -0.3 is 4.90 Å². The Morgan fingerprint density at radius 3 is 2.43 bits per heavy atom. The molecule has 0 saturated carbocycles. The predicted octanol–water partition coefficient (Wildman–Crippen LogP) is 3.17. The largest absolute Gasteiger partial charge is 0.344 e. The molecule has 0 unspecified atom stereocenters. The zero-order valence-electron chi connectivity index (χ0n) is 11.8. The van der Waals surface area contributed by atoms with Gasteiger partial charge in [-0.05, 0) is 31.2 Å². The quantitative estimate of drug-likeness (QED) is 0.905. The minimum absolute atomic E-state index is 0.117. The van der Waals surface area contributed by atoms with Crippen LogP contribution >= 0.6 is 27.3 Å². The number of thiazole rings is 1. The average molecular weight is 368 g/mol. The van der Waals surface area contributed by atoms with Crippen LogP contribution in [0.5, 0.6) is 0 Å². The Morgan fingerprint density at radius 1 is 1.24 bits per heavy atom. The number of nitrogens with zero attached hydrogens (tertiary/aromatic N) is 2. The molecule has 21 heavy (non-hydrogen) atoms. The van der Waals surface area contributed by atoms with Crippen LogP contribution in [0.4, 0.5) is 5.13 Å². The lowest BCUT2D eigenvalue weighted by Gasteiger charge is -2.07. The number of carbonyl (C=O) groups is 2. The number of amides is 2. The van der Waals surface area contributed by atoms with Gasteiger partial charge in [0, 0.05) is 24.1 Å². The molecule has 0 saturated heterocycles. The van der Waals surface area contributed by atoms with Crippen molar-refractivity contribution in [1.82, 2.24) is 9.88 Å². The number of rotatable bonds is 3. The molecule has 0 atom stereocenters. The van der Waals surface area contributed by atoms with E-state index >= 15 is 0 Å². The lowest BCUT2D eigenvalue weighted by Crippen LogP contribution is -2.21. The molecule has 1 N–H and O–H groups in total. The van der Waals surface area contributed by atoms with Crippen LogP contribution in [0, 0.1) is 6.92 Å². The molecule has 0 aliphatic carbocycles. The summed E-state index contributed by atoms with van der Waals surface area (Å²) in [4.78, 5) is 30.3. The van der Waals surface area contributed by atoms with E-state index in [1.54, 1.807) is 45.3 Å². The summed E-state index contributed by atoms with van der Waals surface area (Å²) in [6.07, 6.45) is 0.